The number of thioether (sulfide) groups is 1. The number of benzene rings is 1. The van der Waals surface area contributed by atoms with Gasteiger partial charge in [0.05, 0.1) is 13.2 Å². The molecular weight excluding hydrogens is 284 g/mol. The van der Waals surface area contributed by atoms with E-state index in [1.54, 1.807) is 11.8 Å². The molecule has 0 amide bonds. The normalized spacial score (nSPS) is 25.7. The molecule has 3 rings (SSSR count). The number of nitrogens with one attached hydrogen (secondary N) is 1. The molecule has 0 spiro atoms. The quantitative estimate of drug-likeness (QED) is 0.872. The molecule has 1 aliphatic heterocycles. The molecule has 0 radical (unpaired) electrons. The summed E-state index contributed by atoms with van der Waals surface area (Å²) in [5, 5.41) is 4.15. The van der Waals surface area contributed by atoms with Gasteiger partial charge in [-0.25, -0.2) is 4.79 Å². The molecule has 5 heteroatoms. The first-order chi connectivity index (χ1) is 10.3. The van der Waals surface area contributed by atoms with Crippen LogP contribution in [-0.4, -0.2) is 30.0 Å². The maximum absolute atomic E-state index is 12.1. The molecule has 1 aromatic rings. The van der Waals surface area contributed by atoms with Gasteiger partial charge in [-0.1, -0.05) is 48.5 Å². The van der Waals surface area contributed by atoms with Crippen molar-refractivity contribution in [1.29, 1.82) is 0 Å². The fourth-order valence-electron chi connectivity index (χ4n) is 3.00. The van der Waals surface area contributed by atoms with Crippen LogP contribution >= 0.6 is 11.8 Å². The lowest BCUT2D eigenvalue weighted by Crippen LogP contribution is -2.36. The molecule has 3 unspecified atom stereocenters. The Hall–Kier alpha value is -1.49. The van der Waals surface area contributed by atoms with Gasteiger partial charge in [0.2, 0.25) is 0 Å². The van der Waals surface area contributed by atoms with Crippen LogP contribution in [0, 0.1) is 5.92 Å². The van der Waals surface area contributed by atoms with Crippen LogP contribution < -0.4 is 5.32 Å². The molecule has 0 saturated heterocycles. The molecule has 1 saturated carbocycles. The van der Waals surface area contributed by atoms with E-state index in [0.29, 0.717) is 12.0 Å². The number of ether oxygens (including phenoxy) is 1. The van der Waals surface area contributed by atoms with Crippen LogP contribution in [0.15, 0.2) is 35.3 Å². The van der Waals surface area contributed by atoms with Gasteiger partial charge < -0.3 is 10.1 Å². The van der Waals surface area contributed by atoms with Crippen molar-refractivity contribution in [2.75, 3.05) is 12.9 Å². The average molecular weight is 304 g/mol. The van der Waals surface area contributed by atoms with Gasteiger partial charge >= 0.3 is 5.97 Å². The van der Waals surface area contributed by atoms with Crippen molar-refractivity contribution in [2.24, 2.45) is 10.9 Å². The predicted molar refractivity (Wildman–Crippen MR) is 85.4 cm³/mol. The van der Waals surface area contributed by atoms with E-state index in [0.717, 1.165) is 16.5 Å². The summed E-state index contributed by atoms with van der Waals surface area (Å²) in [6.07, 6.45) is 3.73. The van der Waals surface area contributed by atoms with Crippen LogP contribution in [0.25, 0.3) is 0 Å². The minimum atomic E-state index is -0.486. The number of nitrogens with zero attached hydrogens (tertiary/aromatic N) is 1. The van der Waals surface area contributed by atoms with Crippen molar-refractivity contribution < 1.29 is 9.53 Å². The van der Waals surface area contributed by atoms with Gasteiger partial charge in [0.25, 0.3) is 0 Å². The molecule has 3 atom stereocenters. The van der Waals surface area contributed by atoms with E-state index >= 15 is 0 Å². The molecule has 1 aliphatic carbocycles. The van der Waals surface area contributed by atoms with E-state index in [-0.39, 0.29) is 5.97 Å². The van der Waals surface area contributed by atoms with Gasteiger partial charge in [0.15, 0.2) is 11.2 Å². The topological polar surface area (TPSA) is 50.7 Å². The Labute approximate surface area is 129 Å². The maximum atomic E-state index is 12.1. The highest BCUT2D eigenvalue weighted by atomic mass is 32.2. The minimum Gasteiger partial charge on any atom is -0.467 e. The minimum absolute atomic E-state index is 0.280. The third-order valence-electron chi connectivity index (χ3n) is 4.17. The SMILES string of the molecule is COC(=O)C(NC1=NC2CCCC2CS1)c1ccccc1. The second kappa shape index (κ2) is 6.52. The fraction of sp³-hybridized carbons (Fsp3) is 0.500. The number of carbonyl (C=O) groups is 1. The lowest BCUT2D eigenvalue weighted by molar-refractivity contribution is -0.142. The van der Waals surface area contributed by atoms with E-state index in [4.69, 9.17) is 9.73 Å². The molecule has 112 valence electrons. The highest BCUT2D eigenvalue weighted by Crippen LogP contribution is 2.35. The number of amidine groups is 1. The molecule has 1 heterocycles. The first-order valence-electron chi connectivity index (χ1n) is 7.38. The standard InChI is InChI=1S/C16H20N2O2S/c1-20-15(19)14(11-6-3-2-4-7-11)18-16-17-13-9-5-8-12(13)10-21-16/h2-4,6-7,12-14H,5,8-10H2,1H3,(H,17,18). The number of rotatable bonds is 3. The Kier molecular flexibility index (Phi) is 4.48. The van der Waals surface area contributed by atoms with Crippen molar-refractivity contribution in [3.05, 3.63) is 35.9 Å². The zero-order valence-electron chi connectivity index (χ0n) is 12.1. The Morgan fingerprint density at radius 1 is 1.38 bits per heavy atom. The lowest BCUT2D eigenvalue weighted by atomic mass is 10.1. The Morgan fingerprint density at radius 2 is 2.19 bits per heavy atom. The summed E-state index contributed by atoms with van der Waals surface area (Å²) < 4.78 is 4.93. The van der Waals surface area contributed by atoms with Gasteiger partial charge in [-0.15, -0.1) is 0 Å². The molecule has 0 bridgehead atoms. The summed E-state index contributed by atoms with van der Waals surface area (Å²) in [6, 6.07) is 9.60. The molecule has 21 heavy (non-hydrogen) atoms. The Balaban J connectivity index is 1.77. The van der Waals surface area contributed by atoms with Crippen LogP contribution in [-0.2, 0) is 9.53 Å². The smallest absolute Gasteiger partial charge is 0.333 e. The van der Waals surface area contributed by atoms with Gasteiger partial charge in [-0.2, -0.15) is 0 Å². The summed E-state index contributed by atoms with van der Waals surface area (Å²) in [5.41, 5.74) is 0.904. The highest BCUT2D eigenvalue weighted by Gasteiger charge is 2.32. The zero-order chi connectivity index (χ0) is 14.7. The van der Waals surface area contributed by atoms with Crippen molar-refractivity contribution >= 4 is 22.9 Å². The summed E-state index contributed by atoms with van der Waals surface area (Å²) in [4.78, 5) is 16.9. The van der Waals surface area contributed by atoms with Crippen molar-refractivity contribution in [1.82, 2.24) is 5.32 Å². The molecule has 1 N–H and O–H groups in total. The van der Waals surface area contributed by atoms with E-state index < -0.39 is 6.04 Å². The molecule has 1 fully saturated rings. The third kappa shape index (κ3) is 3.23. The van der Waals surface area contributed by atoms with E-state index in [9.17, 15) is 4.79 Å². The highest BCUT2D eigenvalue weighted by molar-refractivity contribution is 8.13. The summed E-state index contributed by atoms with van der Waals surface area (Å²) in [5.74, 6) is 1.53. The van der Waals surface area contributed by atoms with Gasteiger partial charge in [0.1, 0.15) is 0 Å². The monoisotopic (exact) mass is 304 g/mol. The summed E-state index contributed by atoms with van der Waals surface area (Å²) in [7, 11) is 1.42. The average Bonchev–Trinajstić information content (AvgIpc) is 3.00. The molecule has 1 aromatic carbocycles. The third-order valence-corrected chi connectivity index (χ3v) is 5.27. The lowest BCUT2D eigenvalue weighted by Gasteiger charge is -2.26. The molecule has 2 aliphatic rings. The largest absolute Gasteiger partial charge is 0.467 e. The number of esters is 1. The van der Waals surface area contributed by atoms with Crippen LogP contribution in [0.5, 0.6) is 0 Å². The Bertz CT molecular complexity index is 532. The number of aliphatic imine (C=N–C) groups is 1. The number of hydrogen-bond donors (Lipinski definition) is 1. The molecule has 4 nitrogen and oxygen atoms in total. The summed E-state index contributed by atoms with van der Waals surface area (Å²) >= 11 is 1.72. The molecular formula is C16H20N2O2S. The van der Waals surface area contributed by atoms with E-state index in [2.05, 4.69) is 5.32 Å². The van der Waals surface area contributed by atoms with Crippen molar-refractivity contribution in [3.8, 4) is 0 Å². The second-order valence-corrected chi connectivity index (χ2v) is 6.52. The second-order valence-electron chi connectivity index (χ2n) is 5.51. The number of methoxy groups -OCH3 is 1. The van der Waals surface area contributed by atoms with Gasteiger partial charge in [-0.3, -0.25) is 4.99 Å². The maximum Gasteiger partial charge on any atom is 0.333 e. The van der Waals surface area contributed by atoms with Crippen LogP contribution in [0.4, 0.5) is 0 Å². The number of carbonyl (C=O) groups excluding carboxylic acids is 1. The Morgan fingerprint density at radius 3 is 2.95 bits per heavy atom. The molecule has 0 aromatic heterocycles. The summed E-state index contributed by atoms with van der Waals surface area (Å²) in [6.45, 7) is 0. The first kappa shape index (κ1) is 14.4. The number of fused-ring (bicyclic) bond motifs is 1. The van der Waals surface area contributed by atoms with Crippen LogP contribution in [0.3, 0.4) is 0 Å². The predicted octanol–water partition coefficient (Wildman–Crippen LogP) is 2.76. The zero-order valence-corrected chi connectivity index (χ0v) is 12.9. The van der Waals surface area contributed by atoms with Crippen LogP contribution in [0.2, 0.25) is 0 Å². The van der Waals surface area contributed by atoms with Crippen LogP contribution in [0.1, 0.15) is 30.9 Å². The first-order valence-corrected chi connectivity index (χ1v) is 8.36. The fourth-order valence-corrected chi connectivity index (χ4v) is 4.17. The van der Waals surface area contributed by atoms with E-state index in [1.807, 2.05) is 30.3 Å². The van der Waals surface area contributed by atoms with Crippen molar-refractivity contribution in [3.63, 3.8) is 0 Å². The van der Waals surface area contributed by atoms with Gasteiger partial charge in [-0.05, 0) is 24.3 Å². The van der Waals surface area contributed by atoms with Crippen molar-refractivity contribution in [2.45, 2.75) is 31.3 Å². The van der Waals surface area contributed by atoms with E-state index in [1.165, 1.54) is 26.4 Å². The number of hydrogen-bond acceptors (Lipinski definition) is 5. The van der Waals surface area contributed by atoms with Gasteiger partial charge in [0, 0.05) is 5.75 Å².